The lowest BCUT2D eigenvalue weighted by atomic mass is 10.2. The standard InChI is InChI=1S/C13H26O5SSi/c1-11(7-14)8-16-20(6-4-5-19-13(3)15)17-9-12(2)10-18-20/h11-12,14H,4-10H2,1-3H3. The summed E-state index contributed by atoms with van der Waals surface area (Å²) in [7, 11) is -2.61. The largest absolute Gasteiger partial charge is 0.501 e. The first-order valence-corrected chi connectivity index (χ1v) is 10.1. The first kappa shape index (κ1) is 18.1. The zero-order valence-corrected chi connectivity index (χ0v) is 14.4. The highest BCUT2D eigenvalue weighted by atomic mass is 32.2. The van der Waals surface area contributed by atoms with Gasteiger partial charge in [-0.3, -0.25) is 4.79 Å². The maximum atomic E-state index is 10.9. The quantitative estimate of drug-likeness (QED) is 0.544. The lowest BCUT2D eigenvalue weighted by molar-refractivity contribution is -0.109. The Labute approximate surface area is 126 Å². The summed E-state index contributed by atoms with van der Waals surface area (Å²) in [5, 5.41) is 9.21. The average molecular weight is 322 g/mol. The van der Waals surface area contributed by atoms with Crippen LogP contribution in [0.25, 0.3) is 0 Å². The molecular weight excluding hydrogens is 296 g/mol. The third kappa shape index (κ3) is 6.69. The minimum Gasteiger partial charge on any atom is -0.396 e. The average Bonchev–Trinajstić information content (AvgIpc) is 2.44. The molecule has 0 aromatic heterocycles. The van der Waals surface area contributed by atoms with Crippen molar-refractivity contribution in [2.75, 3.05) is 32.2 Å². The van der Waals surface area contributed by atoms with E-state index in [4.69, 9.17) is 18.4 Å². The molecule has 1 heterocycles. The minimum absolute atomic E-state index is 0.0810. The van der Waals surface area contributed by atoms with Crippen molar-refractivity contribution < 1.29 is 23.2 Å². The van der Waals surface area contributed by atoms with E-state index in [1.54, 1.807) is 6.92 Å². The number of rotatable bonds is 8. The molecule has 1 atom stereocenters. The summed E-state index contributed by atoms with van der Waals surface area (Å²) < 4.78 is 17.7. The number of thioether (sulfide) groups is 1. The Kier molecular flexibility index (Phi) is 8.31. The van der Waals surface area contributed by atoms with E-state index in [1.807, 2.05) is 6.92 Å². The Hall–Kier alpha value is 0.0769. The molecule has 1 rings (SSSR count). The molecule has 20 heavy (non-hydrogen) atoms. The summed E-state index contributed by atoms with van der Waals surface area (Å²) in [5.74, 6) is 1.24. The molecule has 0 radical (unpaired) electrons. The van der Waals surface area contributed by atoms with Crippen molar-refractivity contribution >= 4 is 25.7 Å². The second-order valence-corrected chi connectivity index (χ2v) is 9.46. The van der Waals surface area contributed by atoms with Crippen LogP contribution in [-0.4, -0.2) is 51.2 Å². The molecule has 0 aromatic carbocycles. The second kappa shape index (κ2) is 9.17. The van der Waals surface area contributed by atoms with Crippen LogP contribution in [0.1, 0.15) is 27.2 Å². The van der Waals surface area contributed by atoms with E-state index in [0.29, 0.717) is 25.7 Å². The maximum Gasteiger partial charge on any atom is 0.501 e. The number of carbonyl (C=O) groups excluding carboxylic acids is 1. The number of carbonyl (C=O) groups is 1. The van der Waals surface area contributed by atoms with E-state index in [-0.39, 0.29) is 17.6 Å². The molecule has 0 amide bonds. The minimum atomic E-state index is -2.61. The molecule has 0 bridgehead atoms. The highest BCUT2D eigenvalue weighted by molar-refractivity contribution is 8.13. The Balaban J connectivity index is 2.44. The fourth-order valence-corrected chi connectivity index (χ4v) is 5.50. The van der Waals surface area contributed by atoms with Gasteiger partial charge >= 0.3 is 8.80 Å². The van der Waals surface area contributed by atoms with E-state index in [1.165, 1.54) is 11.8 Å². The van der Waals surface area contributed by atoms with Crippen LogP contribution >= 0.6 is 11.8 Å². The van der Waals surface area contributed by atoms with Gasteiger partial charge in [-0.15, -0.1) is 0 Å². The van der Waals surface area contributed by atoms with Gasteiger partial charge < -0.3 is 18.4 Å². The molecule has 118 valence electrons. The SMILES string of the molecule is CC(=O)SCCC[Si]1(OCC(C)CO)OCC(C)CO1. The molecule has 1 fully saturated rings. The zero-order valence-electron chi connectivity index (χ0n) is 12.6. The van der Waals surface area contributed by atoms with Gasteiger partial charge in [0.1, 0.15) is 0 Å². The molecule has 1 aliphatic rings. The summed E-state index contributed by atoms with van der Waals surface area (Å²) in [4.78, 5) is 10.9. The molecule has 0 aromatic rings. The Morgan fingerprint density at radius 2 is 2.15 bits per heavy atom. The molecule has 0 spiro atoms. The summed E-state index contributed by atoms with van der Waals surface area (Å²) >= 11 is 1.32. The van der Waals surface area contributed by atoms with Crippen LogP contribution in [0.5, 0.6) is 0 Å². The molecule has 1 saturated heterocycles. The first-order chi connectivity index (χ1) is 9.47. The van der Waals surface area contributed by atoms with E-state index in [2.05, 4.69) is 6.92 Å². The third-order valence-electron chi connectivity index (χ3n) is 3.01. The van der Waals surface area contributed by atoms with Crippen molar-refractivity contribution in [2.24, 2.45) is 11.8 Å². The van der Waals surface area contributed by atoms with Crippen LogP contribution < -0.4 is 0 Å². The number of aliphatic hydroxyl groups excluding tert-OH is 1. The highest BCUT2D eigenvalue weighted by Gasteiger charge is 2.44. The predicted molar refractivity (Wildman–Crippen MR) is 81.6 cm³/mol. The normalized spacial score (nSPS) is 28.3. The molecule has 5 nitrogen and oxygen atoms in total. The van der Waals surface area contributed by atoms with Crippen LogP contribution in [0.2, 0.25) is 6.04 Å². The van der Waals surface area contributed by atoms with E-state index in [9.17, 15) is 4.79 Å². The molecule has 0 aliphatic carbocycles. The highest BCUT2D eigenvalue weighted by Crippen LogP contribution is 2.25. The van der Waals surface area contributed by atoms with Crippen molar-refractivity contribution in [3.63, 3.8) is 0 Å². The zero-order chi connectivity index (χ0) is 15.0. The number of hydrogen-bond donors (Lipinski definition) is 1. The molecule has 1 aliphatic heterocycles. The van der Waals surface area contributed by atoms with Crippen LogP contribution in [0.4, 0.5) is 0 Å². The van der Waals surface area contributed by atoms with Gasteiger partial charge in [0.05, 0.1) is 0 Å². The Bertz CT molecular complexity index is 294. The molecule has 1 N–H and O–H groups in total. The van der Waals surface area contributed by atoms with Crippen LogP contribution in [0.3, 0.4) is 0 Å². The lowest BCUT2D eigenvalue weighted by Crippen LogP contribution is -2.52. The summed E-state index contributed by atoms with van der Waals surface area (Å²) in [6.45, 7) is 7.48. The smallest absolute Gasteiger partial charge is 0.396 e. The number of aliphatic hydroxyl groups is 1. The second-order valence-electron chi connectivity index (χ2n) is 5.45. The Morgan fingerprint density at radius 1 is 1.50 bits per heavy atom. The van der Waals surface area contributed by atoms with Gasteiger partial charge in [0.2, 0.25) is 0 Å². The maximum absolute atomic E-state index is 10.9. The van der Waals surface area contributed by atoms with Crippen molar-refractivity contribution in [3.8, 4) is 0 Å². The topological polar surface area (TPSA) is 65.0 Å². The molecular formula is C13H26O5SSi. The van der Waals surface area contributed by atoms with Gasteiger partial charge in [-0.1, -0.05) is 25.6 Å². The molecule has 0 saturated carbocycles. The summed E-state index contributed by atoms with van der Waals surface area (Å²) in [6, 6.07) is 0.734. The van der Waals surface area contributed by atoms with E-state index < -0.39 is 8.80 Å². The van der Waals surface area contributed by atoms with Gasteiger partial charge in [0.25, 0.3) is 0 Å². The van der Waals surface area contributed by atoms with Crippen LogP contribution in [-0.2, 0) is 18.1 Å². The Morgan fingerprint density at radius 3 is 2.70 bits per heavy atom. The van der Waals surface area contributed by atoms with Crippen LogP contribution in [0.15, 0.2) is 0 Å². The first-order valence-electron chi connectivity index (χ1n) is 7.13. The van der Waals surface area contributed by atoms with Crippen molar-refractivity contribution in [1.29, 1.82) is 0 Å². The van der Waals surface area contributed by atoms with Gasteiger partial charge in [0.15, 0.2) is 5.12 Å². The third-order valence-corrected chi connectivity index (χ3v) is 6.69. The predicted octanol–water partition coefficient (Wildman–Crippen LogP) is 1.92. The van der Waals surface area contributed by atoms with Gasteiger partial charge in [0, 0.05) is 57.0 Å². The fourth-order valence-electron chi connectivity index (χ4n) is 1.75. The monoisotopic (exact) mass is 322 g/mol. The van der Waals surface area contributed by atoms with Crippen molar-refractivity contribution in [3.05, 3.63) is 0 Å². The fraction of sp³-hybridized carbons (Fsp3) is 0.923. The van der Waals surface area contributed by atoms with Gasteiger partial charge in [-0.2, -0.15) is 0 Å². The van der Waals surface area contributed by atoms with Crippen molar-refractivity contribution in [1.82, 2.24) is 0 Å². The van der Waals surface area contributed by atoms with Crippen LogP contribution in [0, 0.1) is 11.8 Å². The lowest BCUT2D eigenvalue weighted by Gasteiger charge is -2.36. The molecule has 1 unspecified atom stereocenters. The number of hydrogen-bond acceptors (Lipinski definition) is 6. The van der Waals surface area contributed by atoms with Crippen molar-refractivity contribution in [2.45, 2.75) is 33.2 Å². The molecule has 7 heteroatoms. The van der Waals surface area contributed by atoms with Gasteiger partial charge in [-0.25, -0.2) is 0 Å². The van der Waals surface area contributed by atoms with Gasteiger partial charge in [-0.05, 0) is 6.42 Å². The summed E-state index contributed by atoms with van der Waals surface area (Å²) in [6.07, 6.45) is 0.846. The van der Waals surface area contributed by atoms with E-state index >= 15 is 0 Å². The van der Waals surface area contributed by atoms with E-state index in [0.717, 1.165) is 18.2 Å². The summed E-state index contributed by atoms with van der Waals surface area (Å²) in [5.41, 5.74) is 0.